The SMILES string of the molecule is NC1C2CCC(C2)C1C(=O)N1CCN(Cc2nccn2C(F)F)CC1. The van der Waals surface area contributed by atoms with Crippen molar-refractivity contribution in [2.75, 3.05) is 26.2 Å². The number of nitrogens with two attached hydrogens (primary N) is 1. The number of hydrogen-bond donors (Lipinski definition) is 1. The van der Waals surface area contributed by atoms with Gasteiger partial charge >= 0.3 is 6.55 Å². The van der Waals surface area contributed by atoms with E-state index in [1.54, 1.807) is 0 Å². The molecular formula is C17H25F2N5O. The molecule has 138 valence electrons. The summed E-state index contributed by atoms with van der Waals surface area (Å²) in [6.45, 7) is 0.437. The Kier molecular flexibility index (Phi) is 4.49. The summed E-state index contributed by atoms with van der Waals surface area (Å²) in [5, 5.41) is 0. The maximum Gasteiger partial charge on any atom is 0.319 e. The van der Waals surface area contributed by atoms with Crippen molar-refractivity contribution in [1.29, 1.82) is 0 Å². The Morgan fingerprint density at radius 2 is 1.96 bits per heavy atom. The van der Waals surface area contributed by atoms with Gasteiger partial charge in [-0.2, -0.15) is 8.78 Å². The lowest BCUT2D eigenvalue weighted by molar-refractivity contribution is -0.139. The topological polar surface area (TPSA) is 67.4 Å². The lowest BCUT2D eigenvalue weighted by Gasteiger charge is -2.38. The molecule has 6 nitrogen and oxygen atoms in total. The number of aromatic nitrogens is 2. The number of rotatable bonds is 4. The second kappa shape index (κ2) is 6.64. The van der Waals surface area contributed by atoms with Gasteiger partial charge in [-0.05, 0) is 31.1 Å². The smallest absolute Gasteiger partial charge is 0.319 e. The molecule has 3 fully saturated rings. The molecular weight excluding hydrogens is 328 g/mol. The third-order valence-corrected chi connectivity index (χ3v) is 6.27. The fourth-order valence-corrected chi connectivity index (χ4v) is 4.88. The van der Waals surface area contributed by atoms with Crippen LogP contribution in [0.2, 0.25) is 0 Å². The molecule has 4 atom stereocenters. The molecule has 1 aliphatic heterocycles. The Hall–Kier alpha value is -1.54. The molecule has 2 saturated carbocycles. The number of hydrogen-bond acceptors (Lipinski definition) is 4. The highest BCUT2D eigenvalue weighted by Crippen LogP contribution is 2.48. The number of piperazine rings is 1. The Morgan fingerprint density at radius 1 is 1.24 bits per heavy atom. The van der Waals surface area contributed by atoms with Crippen molar-refractivity contribution >= 4 is 5.91 Å². The van der Waals surface area contributed by atoms with Crippen LogP contribution in [0.3, 0.4) is 0 Å². The summed E-state index contributed by atoms with van der Waals surface area (Å²) in [6, 6.07) is 0.0165. The van der Waals surface area contributed by atoms with Crippen molar-refractivity contribution in [2.24, 2.45) is 23.5 Å². The van der Waals surface area contributed by atoms with Crippen LogP contribution in [-0.4, -0.2) is 57.5 Å². The predicted molar refractivity (Wildman–Crippen MR) is 87.6 cm³/mol. The summed E-state index contributed by atoms with van der Waals surface area (Å²) < 4.78 is 26.7. The van der Waals surface area contributed by atoms with E-state index >= 15 is 0 Å². The van der Waals surface area contributed by atoms with Crippen LogP contribution in [0, 0.1) is 17.8 Å². The minimum absolute atomic E-state index is 0.0111. The van der Waals surface area contributed by atoms with Crippen LogP contribution in [0.5, 0.6) is 0 Å². The fraction of sp³-hybridized carbons (Fsp3) is 0.765. The highest BCUT2D eigenvalue weighted by Gasteiger charge is 2.50. The summed E-state index contributed by atoms with van der Waals surface area (Å²) in [5.41, 5.74) is 6.29. The summed E-state index contributed by atoms with van der Waals surface area (Å²) in [5.74, 6) is 1.54. The van der Waals surface area contributed by atoms with E-state index in [-0.39, 0.29) is 17.9 Å². The van der Waals surface area contributed by atoms with Crippen molar-refractivity contribution in [3.63, 3.8) is 0 Å². The Morgan fingerprint density at radius 3 is 2.60 bits per heavy atom. The molecule has 25 heavy (non-hydrogen) atoms. The number of halogens is 2. The third-order valence-electron chi connectivity index (χ3n) is 6.27. The van der Waals surface area contributed by atoms with E-state index in [1.807, 2.05) is 4.90 Å². The molecule has 2 heterocycles. The summed E-state index contributed by atoms with van der Waals surface area (Å²) >= 11 is 0. The monoisotopic (exact) mass is 353 g/mol. The van der Waals surface area contributed by atoms with Gasteiger partial charge < -0.3 is 10.6 Å². The molecule has 2 N–H and O–H groups in total. The normalized spacial score (nSPS) is 32.7. The van der Waals surface area contributed by atoms with E-state index in [0.29, 0.717) is 50.4 Å². The maximum atomic E-state index is 12.9. The first-order valence-electron chi connectivity index (χ1n) is 9.11. The van der Waals surface area contributed by atoms with Gasteiger partial charge in [0.1, 0.15) is 5.82 Å². The summed E-state index contributed by atoms with van der Waals surface area (Å²) in [6.07, 6.45) is 6.10. The molecule has 2 aliphatic carbocycles. The zero-order valence-electron chi connectivity index (χ0n) is 14.2. The average Bonchev–Trinajstić information content (AvgIpc) is 3.31. The number of carbonyl (C=O) groups is 1. The fourth-order valence-electron chi connectivity index (χ4n) is 4.88. The predicted octanol–water partition coefficient (Wildman–Crippen LogP) is 1.30. The van der Waals surface area contributed by atoms with Gasteiger partial charge in [-0.15, -0.1) is 0 Å². The Labute approximate surface area is 146 Å². The quantitative estimate of drug-likeness (QED) is 0.886. The van der Waals surface area contributed by atoms with E-state index in [9.17, 15) is 13.6 Å². The molecule has 1 aromatic heterocycles. The largest absolute Gasteiger partial charge is 0.340 e. The van der Waals surface area contributed by atoms with E-state index in [0.717, 1.165) is 17.4 Å². The van der Waals surface area contributed by atoms with Gasteiger partial charge in [-0.3, -0.25) is 14.3 Å². The first-order valence-corrected chi connectivity index (χ1v) is 9.11. The molecule has 3 aliphatic rings. The Bertz CT molecular complexity index is 626. The van der Waals surface area contributed by atoms with Crippen LogP contribution in [0.1, 0.15) is 31.6 Å². The van der Waals surface area contributed by atoms with Crippen molar-refractivity contribution < 1.29 is 13.6 Å². The second-order valence-electron chi connectivity index (χ2n) is 7.57. The number of alkyl halides is 2. The molecule has 1 amide bonds. The molecule has 2 bridgehead atoms. The molecule has 1 saturated heterocycles. The number of imidazole rings is 1. The highest BCUT2D eigenvalue weighted by atomic mass is 19.3. The standard InChI is InChI=1S/C17H25F2N5O/c18-17(19)24-4-3-21-13(24)10-22-5-7-23(8-6-22)16(25)14-11-1-2-12(9-11)15(14)20/h3-4,11-12,14-15,17H,1-2,5-10,20H2. The van der Waals surface area contributed by atoms with E-state index in [2.05, 4.69) is 9.88 Å². The second-order valence-corrected chi connectivity index (χ2v) is 7.57. The van der Waals surface area contributed by atoms with Crippen LogP contribution in [-0.2, 0) is 11.3 Å². The summed E-state index contributed by atoms with van der Waals surface area (Å²) in [4.78, 5) is 20.9. The van der Waals surface area contributed by atoms with Crippen LogP contribution >= 0.6 is 0 Å². The van der Waals surface area contributed by atoms with Crippen LogP contribution in [0.15, 0.2) is 12.4 Å². The lowest BCUT2D eigenvalue weighted by Crippen LogP contribution is -2.53. The number of carbonyl (C=O) groups excluding carboxylic acids is 1. The Balaban J connectivity index is 1.32. The third kappa shape index (κ3) is 3.06. The van der Waals surface area contributed by atoms with Crippen molar-refractivity contribution in [2.45, 2.75) is 38.4 Å². The van der Waals surface area contributed by atoms with E-state index < -0.39 is 6.55 Å². The van der Waals surface area contributed by atoms with Crippen molar-refractivity contribution in [1.82, 2.24) is 19.4 Å². The highest BCUT2D eigenvalue weighted by molar-refractivity contribution is 5.80. The first-order chi connectivity index (χ1) is 12.0. The van der Waals surface area contributed by atoms with Gasteiger partial charge in [0.25, 0.3) is 0 Å². The van der Waals surface area contributed by atoms with Gasteiger partial charge in [-0.1, -0.05) is 0 Å². The summed E-state index contributed by atoms with van der Waals surface area (Å²) in [7, 11) is 0. The lowest BCUT2D eigenvalue weighted by atomic mass is 9.84. The van der Waals surface area contributed by atoms with Gasteiger partial charge in [0.05, 0.1) is 12.5 Å². The number of amides is 1. The van der Waals surface area contributed by atoms with Crippen molar-refractivity contribution in [3.8, 4) is 0 Å². The molecule has 0 radical (unpaired) electrons. The molecule has 0 spiro atoms. The minimum Gasteiger partial charge on any atom is -0.340 e. The molecule has 1 aromatic rings. The van der Waals surface area contributed by atoms with Crippen LogP contribution in [0.4, 0.5) is 8.78 Å². The van der Waals surface area contributed by atoms with E-state index in [4.69, 9.17) is 5.73 Å². The van der Waals surface area contributed by atoms with Gasteiger partial charge in [0.2, 0.25) is 5.91 Å². The van der Waals surface area contributed by atoms with Gasteiger partial charge in [0, 0.05) is 44.6 Å². The van der Waals surface area contributed by atoms with Crippen molar-refractivity contribution in [3.05, 3.63) is 18.2 Å². The number of fused-ring (bicyclic) bond motifs is 2. The zero-order valence-corrected chi connectivity index (χ0v) is 14.2. The molecule has 4 rings (SSSR count). The molecule has 8 heteroatoms. The zero-order chi connectivity index (χ0) is 17.6. The van der Waals surface area contributed by atoms with Gasteiger partial charge in [-0.25, -0.2) is 4.98 Å². The van der Waals surface area contributed by atoms with Crippen LogP contribution in [0.25, 0.3) is 0 Å². The molecule has 0 aromatic carbocycles. The first kappa shape index (κ1) is 16.9. The van der Waals surface area contributed by atoms with Gasteiger partial charge in [0.15, 0.2) is 0 Å². The molecule has 4 unspecified atom stereocenters. The van der Waals surface area contributed by atoms with E-state index in [1.165, 1.54) is 18.8 Å². The number of nitrogens with zero attached hydrogens (tertiary/aromatic N) is 4. The maximum absolute atomic E-state index is 12.9. The minimum atomic E-state index is -2.57. The van der Waals surface area contributed by atoms with Crippen LogP contribution < -0.4 is 5.73 Å². The average molecular weight is 353 g/mol.